The average molecular weight is 845 g/mol. The number of ether oxygens (including phenoxy) is 6. The number of benzene rings is 5. The Balaban J connectivity index is 1.24. The molecule has 9 heteroatoms. The predicted molar refractivity (Wildman–Crippen MR) is 242 cm³/mol. The first-order chi connectivity index (χ1) is 29.6. The Morgan fingerprint density at radius 1 is 0.525 bits per heavy atom. The zero-order valence-corrected chi connectivity index (χ0v) is 37.5. The first-order valence-electron chi connectivity index (χ1n) is 21.9. The molecule has 0 aliphatic carbocycles. The largest absolute Gasteiger partial charge is 0.405 e. The third-order valence-electron chi connectivity index (χ3n) is 12.4. The highest BCUT2D eigenvalue weighted by molar-refractivity contribution is 6.99. The highest BCUT2D eigenvalue weighted by atomic mass is 28.4. The fourth-order valence-electron chi connectivity index (χ4n) is 9.06. The summed E-state index contributed by atoms with van der Waals surface area (Å²) in [4.78, 5) is 0. The van der Waals surface area contributed by atoms with Crippen LogP contribution in [0, 0.1) is 11.8 Å². The molecular weight excluding hydrogens is 781 g/mol. The lowest BCUT2D eigenvalue weighted by atomic mass is 9.88. The molecule has 2 aliphatic heterocycles. The molecule has 0 saturated carbocycles. The van der Waals surface area contributed by atoms with Crippen molar-refractivity contribution in [1.29, 1.82) is 0 Å². The van der Waals surface area contributed by atoms with Gasteiger partial charge in [-0.3, -0.25) is 0 Å². The zero-order chi connectivity index (χ0) is 42.8. The maximum absolute atomic E-state index is 12.0. The molecule has 2 saturated heterocycles. The molecule has 0 spiro atoms. The summed E-state index contributed by atoms with van der Waals surface area (Å²) in [6, 6.07) is 51.6. The van der Waals surface area contributed by atoms with Gasteiger partial charge in [-0.15, -0.1) is 0 Å². The highest BCUT2D eigenvalue weighted by Crippen LogP contribution is 2.40. The van der Waals surface area contributed by atoms with Crippen LogP contribution in [0.25, 0.3) is 0 Å². The minimum Gasteiger partial charge on any atom is -0.405 e. The van der Waals surface area contributed by atoms with E-state index in [1.54, 1.807) is 0 Å². The van der Waals surface area contributed by atoms with Gasteiger partial charge in [-0.1, -0.05) is 193 Å². The van der Waals surface area contributed by atoms with Gasteiger partial charge in [0.05, 0.1) is 44.7 Å². The van der Waals surface area contributed by atoms with Crippen LogP contribution in [-0.4, -0.2) is 69.2 Å². The SMILES string of the molecule is CCC1O[C@H](O[C@H]2OC(CO[Si](c3ccccc3)(c3ccccc3)C(C)(C)C)[C@@H](OCc3ccccc3)C(OCc3ccccc3)C2C)C(O)[C@@H](OCc2ccccc2)[C@@H]1C. The van der Waals surface area contributed by atoms with Crippen molar-refractivity contribution in [2.75, 3.05) is 6.61 Å². The third kappa shape index (κ3) is 10.6. The molecular formula is C52H64O8Si. The Bertz CT molecular complexity index is 1980. The Labute approximate surface area is 364 Å². The zero-order valence-electron chi connectivity index (χ0n) is 36.5. The molecule has 0 radical (unpaired) electrons. The second-order valence-corrected chi connectivity index (χ2v) is 21.9. The third-order valence-corrected chi connectivity index (χ3v) is 17.4. The standard InChI is InChI=1S/C52H64O8Si/c1-7-44-37(2)47(54-33-39-23-13-8-14-24-39)46(53)51(58-44)60-50-38(3)48(55-34-40-25-15-9-16-26-40)49(56-35-41-27-17-10-18-28-41)45(59-50)36-57-61(52(4,5)6,42-29-19-11-20-30-42)43-31-21-12-22-32-43/h8-32,37-38,44-51,53H,7,33-36H2,1-6H3/t37-,38?,44?,45?,46?,47+,48?,49-,50-,51-/m1/s1. The summed E-state index contributed by atoms with van der Waals surface area (Å²) < 4.78 is 48.5. The average Bonchev–Trinajstić information content (AvgIpc) is 3.28. The van der Waals surface area contributed by atoms with E-state index in [0.29, 0.717) is 19.8 Å². The van der Waals surface area contributed by atoms with Crippen LogP contribution >= 0.6 is 0 Å². The first-order valence-corrected chi connectivity index (χ1v) is 23.9. The summed E-state index contributed by atoms with van der Waals surface area (Å²) in [6.45, 7) is 14.3. The molecule has 2 aliphatic rings. The van der Waals surface area contributed by atoms with Crippen molar-refractivity contribution in [3.8, 4) is 0 Å². The van der Waals surface area contributed by atoms with Crippen LogP contribution in [0.4, 0.5) is 0 Å². The maximum atomic E-state index is 12.0. The van der Waals surface area contributed by atoms with E-state index in [0.717, 1.165) is 23.1 Å². The molecule has 1 N–H and O–H groups in total. The molecule has 5 aromatic rings. The second kappa shape index (κ2) is 20.9. The van der Waals surface area contributed by atoms with Crippen LogP contribution in [0.1, 0.15) is 64.7 Å². The van der Waals surface area contributed by atoms with Gasteiger partial charge in [-0.25, -0.2) is 0 Å². The summed E-state index contributed by atoms with van der Waals surface area (Å²) in [5, 5.41) is 14.1. The van der Waals surface area contributed by atoms with E-state index < -0.39 is 51.4 Å². The lowest BCUT2D eigenvalue weighted by Crippen LogP contribution is -2.68. The Kier molecular flexibility index (Phi) is 15.4. The maximum Gasteiger partial charge on any atom is 0.261 e. The molecule has 8 nitrogen and oxygen atoms in total. The molecule has 2 fully saturated rings. The Morgan fingerprint density at radius 3 is 1.38 bits per heavy atom. The summed E-state index contributed by atoms with van der Waals surface area (Å²) in [5.41, 5.74) is 3.12. The molecule has 0 bridgehead atoms. The van der Waals surface area contributed by atoms with Gasteiger partial charge in [0.2, 0.25) is 0 Å². The van der Waals surface area contributed by atoms with Gasteiger partial charge in [-0.05, 0) is 38.5 Å². The van der Waals surface area contributed by atoms with E-state index in [1.165, 1.54) is 10.4 Å². The van der Waals surface area contributed by atoms with E-state index in [9.17, 15) is 5.11 Å². The van der Waals surface area contributed by atoms with E-state index in [1.807, 2.05) is 66.7 Å². The molecule has 324 valence electrons. The van der Waals surface area contributed by atoms with Crippen LogP contribution < -0.4 is 10.4 Å². The van der Waals surface area contributed by atoms with Crippen LogP contribution in [0.2, 0.25) is 5.04 Å². The van der Waals surface area contributed by atoms with Gasteiger partial charge in [0.25, 0.3) is 8.32 Å². The minimum absolute atomic E-state index is 0.0708. The van der Waals surface area contributed by atoms with Crippen molar-refractivity contribution in [3.05, 3.63) is 168 Å². The smallest absolute Gasteiger partial charge is 0.261 e. The molecule has 5 aromatic carbocycles. The van der Waals surface area contributed by atoms with Gasteiger partial charge >= 0.3 is 0 Å². The lowest BCUT2D eigenvalue weighted by Gasteiger charge is -2.49. The van der Waals surface area contributed by atoms with Crippen LogP contribution in [0.5, 0.6) is 0 Å². The highest BCUT2D eigenvalue weighted by Gasteiger charge is 2.54. The van der Waals surface area contributed by atoms with Crippen molar-refractivity contribution in [1.82, 2.24) is 0 Å². The fourth-order valence-corrected chi connectivity index (χ4v) is 13.6. The molecule has 5 unspecified atom stereocenters. The molecule has 10 atom stereocenters. The van der Waals surface area contributed by atoms with Gasteiger partial charge in [0.15, 0.2) is 12.6 Å². The number of hydrogen-bond donors (Lipinski definition) is 1. The lowest BCUT2D eigenvalue weighted by molar-refractivity contribution is -0.370. The van der Waals surface area contributed by atoms with E-state index in [2.05, 4.69) is 126 Å². The summed E-state index contributed by atoms with van der Waals surface area (Å²) >= 11 is 0. The predicted octanol–water partition coefficient (Wildman–Crippen LogP) is 8.83. The van der Waals surface area contributed by atoms with Crippen molar-refractivity contribution in [2.45, 2.75) is 122 Å². The van der Waals surface area contributed by atoms with Gasteiger partial charge in [0, 0.05) is 11.8 Å². The molecule has 0 amide bonds. The first kappa shape index (κ1) is 45.0. The number of rotatable bonds is 17. The second-order valence-electron chi connectivity index (χ2n) is 17.6. The number of aliphatic hydroxyl groups is 1. The fraction of sp³-hybridized carbons (Fsp3) is 0.423. The van der Waals surface area contributed by atoms with Crippen molar-refractivity contribution >= 4 is 18.7 Å². The normalized spacial score (nSPS) is 27.1. The van der Waals surface area contributed by atoms with Crippen molar-refractivity contribution in [2.24, 2.45) is 11.8 Å². The van der Waals surface area contributed by atoms with Crippen LogP contribution in [0.15, 0.2) is 152 Å². The summed E-state index contributed by atoms with van der Waals surface area (Å²) in [7, 11) is -3.00. The van der Waals surface area contributed by atoms with E-state index >= 15 is 0 Å². The van der Waals surface area contributed by atoms with Gasteiger partial charge < -0.3 is 38.0 Å². The Morgan fingerprint density at radius 2 is 0.934 bits per heavy atom. The van der Waals surface area contributed by atoms with Gasteiger partial charge in [0.1, 0.15) is 18.3 Å². The van der Waals surface area contributed by atoms with E-state index in [4.69, 9.17) is 32.8 Å². The number of hydrogen-bond acceptors (Lipinski definition) is 8. The molecule has 61 heavy (non-hydrogen) atoms. The monoisotopic (exact) mass is 844 g/mol. The topological polar surface area (TPSA) is 84.8 Å². The molecule has 7 rings (SSSR count). The van der Waals surface area contributed by atoms with Gasteiger partial charge in [-0.2, -0.15) is 0 Å². The Hall–Kier alpha value is -4.00. The van der Waals surface area contributed by atoms with Crippen molar-refractivity contribution in [3.63, 3.8) is 0 Å². The number of aliphatic hydroxyl groups excluding tert-OH is 1. The summed E-state index contributed by atoms with van der Waals surface area (Å²) in [5.74, 6) is -0.411. The summed E-state index contributed by atoms with van der Waals surface area (Å²) in [6.07, 6.45) is -4.57. The van der Waals surface area contributed by atoms with Crippen LogP contribution in [-0.2, 0) is 52.7 Å². The van der Waals surface area contributed by atoms with Crippen LogP contribution in [0.3, 0.4) is 0 Å². The minimum atomic E-state index is -3.00. The van der Waals surface area contributed by atoms with E-state index in [-0.39, 0.29) is 29.6 Å². The molecule has 2 heterocycles. The van der Waals surface area contributed by atoms with Crippen molar-refractivity contribution < 1.29 is 38.0 Å². The quantitative estimate of drug-likeness (QED) is 0.0931. The molecule has 0 aromatic heterocycles.